The smallest absolute Gasteiger partial charge is 0.0175 e. The maximum atomic E-state index is 3.42. The Hall–Kier alpha value is -0.610. The lowest BCUT2D eigenvalue weighted by Crippen LogP contribution is -1.74. The second-order valence-corrected chi connectivity index (χ2v) is 5.60. The van der Waals surface area contributed by atoms with Gasteiger partial charge in [-0.3, -0.25) is 0 Å². The molecule has 0 aliphatic carbocycles. The van der Waals surface area contributed by atoms with E-state index in [0.717, 1.165) is 4.47 Å². The summed E-state index contributed by atoms with van der Waals surface area (Å²) in [7, 11) is 0. The summed E-state index contributed by atoms with van der Waals surface area (Å²) in [5.74, 6) is 0. The van der Waals surface area contributed by atoms with Crippen molar-refractivity contribution in [2.24, 2.45) is 0 Å². The third-order valence-corrected chi connectivity index (χ3v) is 3.46. The summed E-state index contributed by atoms with van der Waals surface area (Å²) in [6.07, 6.45) is 4.24. The van der Waals surface area contributed by atoms with Crippen LogP contribution < -0.4 is 0 Å². The molecule has 0 saturated heterocycles. The third kappa shape index (κ3) is 3.46. The number of hydrogen-bond donors (Lipinski definition) is 0. The van der Waals surface area contributed by atoms with Crippen LogP contribution in [0.5, 0.6) is 0 Å². The molecule has 0 nitrogen and oxygen atoms in total. The lowest BCUT2D eigenvalue weighted by molar-refractivity contribution is 1.60. The van der Waals surface area contributed by atoms with Gasteiger partial charge in [-0.2, -0.15) is 0 Å². The topological polar surface area (TPSA) is 0 Å². The minimum absolute atomic E-state index is 1.11. The van der Waals surface area contributed by atoms with E-state index in [1.165, 1.54) is 14.7 Å². The summed E-state index contributed by atoms with van der Waals surface area (Å²) in [5, 5.41) is 0. The van der Waals surface area contributed by atoms with Gasteiger partial charge in [0, 0.05) is 8.04 Å². The maximum absolute atomic E-state index is 3.42. The van der Waals surface area contributed by atoms with E-state index < -0.39 is 0 Å². The van der Waals surface area contributed by atoms with Crippen LogP contribution in [0, 0.1) is 3.57 Å². The van der Waals surface area contributed by atoms with Crippen LogP contribution in [0.2, 0.25) is 0 Å². The molecule has 0 unspecified atom stereocenters. The molecule has 80 valence electrons. The lowest BCUT2D eigenvalue weighted by Gasteiger charge is -1.95. The van der Waals surface area contributed by atoms with Gasteiger partial charge in [-0.25, -0.2) is 0 Å². The molecule has 0 saturated carbocycles. The summed E-state index contributed by atoms with van der Waals surface area (Å²) in [6.45, 7) is 0. The number of benzene rings is 2. The predicted octanol–water partition coefficient (Wildman–Crippen LogP) is 5.22. The van der Waals surface area contributed by atoms with Crippen molar-refractivity contribution >= 4 is 50.7 Å². The van der Waals surface area contributed by atoms with Gasteiger partial charge in [0.25, 0.3) is 0 Å². The van der Waals surface area contributed by atoms with Crippen LogP contribution in [0.1, 0.15) is 11.1 Å². The largest absolute Gasteiger partial charge is 0.0544 e. The zero-order chi connectivity index (χ0) is 11.4. The molecule has 2 heteroatoms. The molecule has 2 aromatic carbocycles. The number of rotatable bonds is 2. The molecule has 0 amide bonds. The molecule has 0 spiro atoms. The van der Waals surface area contributed by atoms with E-state index in [4.69, 9.17) is 0 Å². The molecule has 0 N–H and O–H groups in total. The summed E-state index contributed by atoms with van der Waals surface area (Å²) < 4.78 is 2.37. The van der Waals surface area contributed by atoms with Crippen LogP contribution in [0.25, 0.3) is 12.2 Å². The standard InChI is InChI=1S/C14H10BrI/c15-13-7-3-11(4-8-13)1-2-12-5-9-14(16)10-6-12/h1-10H/b2-1+. The van der Waals surface area contributed by atoms with Gasteiger partial charge in [0.05, 0.1) is 0 Å². The minimum atomic E-state index is 1.11. The first-order valence-corrected chi connectivity index (χ1v) is 6.80. The zero-order valence-corrected chi connectivity index (χ0v) is 12.3. The molecule has 16 heavy (non-hydrogen) atoms. The molecular weight excluding hydrogens is 375 g/mol. The Labute approximate surface area is 118 Å². The summed E-state index contributed by atoms with van der Waals surface area (Å²) in [5.41, 5.74) is 2.44. The van der Waals surface area contributed by atoms with E-state index in [-0.39, 0.29) is 0 Å². The molecule has 0 aliphatic rings. The zero-order valence-electron chi connectivity index (χ0n) is 8.53. The van der Waals surface area contributed by atoms with Crippen LogP contribution in [-0.4, -0.2) is 0 Å². The quantitative estimate of drug-likeness (QED) is 0.491. The maximum Gasteiger partial charge on any atom is 0.0175 e. The Morgan fingerprint density at radius 1 is 0.750 bits per heavy atom. The van der Waals surface area contributed by atoms with Gasteiger partial charge in [-0.15, -0.1) is 0 Å². The van der Waals surface area contributed by atoms with Crippen molar-refractivity contribution in [3.63, 3.8) is 0 Å². The first kappa shape index (κ1) is 11.9. The van der Waals surface area contributed by atoms with Crippen LogP contribution >= 0.6 is 38.5 Å². The molecule has 0 atom stereocenters. The van der Waals surface area contributed by atoms with E-state index in [9.17, 15) is 0 Å². The molecule has 0 fully saturated rings. The Balaban J connectivity index is 2.15. The third-order valence-electron chi connectivity index (χ3n) is 2.21. The van der Waals surface area contributed by atoms with Gasteiger partial charge in [0.1, 0.15) is 0 Å². The van der Waals surface area contributed by atoms with E-state index in [2.05, 4.69) is 87.1 Å². The van der Waals surface area contributed by atoms with Crippen molar-refractivity contribution in [3.8, 4) is 0 Å². The number of halogens is 2. The van der Waals surface area contributed by atoms with Crippen LogP contribution in [-0.2, 0) is 0 Å². The average Bonchev–Trinajstić information content (AvgIpc) is 2.30. The minimum Gasteiger partial charge on any atom is -0.0544 e. The Morgan fingerprint density at radius 2 is 1.19 bits per heavy atom. The Morgan fingerprint density at radius 3 is 1.69 bits per heavy atom. The van der Waals surface area contributed by atoms with Gasteiger partial charge in [0.2, 0.25) is 0 Å². The van der Waals surface area contributed by atoms with E-state index in [1.807, 2.05) is 12.1 Å². The molecule has 2 rings (SSSR count). The van der Waals surface area contributed by atoms with Crippen molar-refractivity contribution in [2.45, 2.75) is 0 Å². The number of hydrogen-bond acceptors (Lipinski definition) is 0. The molecule has 0 aromatic heterocycles. The monoisotopic (exact) mass is 384 g/mol. The normalized spacial score (nSPS) is 10.9. The van der Waals surface area contributed by atoms with Crippen molar-refractivity contribution in [3.05, 3.63) is 67.7 Å². The lowest BCUT2D eigenvalue weighted by atomic mass is 10.1. The fraction of sp³-hybridized carbons (Fsp3) is 0. The van der Waals surface area contributed by atoms with Gasteiger partial charge >= 0.3 is 0 Å². The first-order valence-electron chi connectivity index (χ1n) is 4.93. The fourth-order valence-electron chi connectivity index (χ4n) is 1.34. The second kappa shape index (κ2) is 5.64. The van der Waals surface area contributed by atoms with Gasteiger partial charge in [-0.1, -0.05) is 52.3 Å². The van der Waals surface area contributed by atoms with E-state index >= 15 is 0 Å². The SMILES string of the molecule is Brc1ccc(/C=C/c2ccc(I)cc2)cc1. The highest BCUT2D eigenvalue weighted by atomic mass is 127. The van der Waals surface area contributed by atoms with Crippen molar-refractivity contribution in [1.29, 1.82) is 0 Å². The van der Waals surface area contributed by atoms with Crippen molar-refractivity contribution < 1.29 is 0 Å². The van der Waals surface area contributed by atoms with Crippen LogP contribution in [0.3, 0.4) is 0 Å². The highest BCUT2D eigenvalue weighted by molar-refractivity contribution is 14.1. The summed E-state index contributed by atoms with van der Waals surface area (Å²) in [6, 6.07) is 16.7. The van der Waals surface area contributed by atoms with Crippen molar-refractivity contribution in [1.82, 2.24) is 0 Å². The molecule has 0 aliphatic heterocycles. The summed E-state index contributed by atoms with van der Waals surface area (Å²) >= 11 is 5.74. The fourth-order valence-corrected chi connectivity index (χ4v) is 1.96. The highest BCUT2D eigenvalue weighted by Gasteiger charge is 1.89. The summed E-state index contributed by atoms with van der Waals surface area (Å²) in [4.78, 5) is 0. The average molecular weight is 385 g/mol. The first-order chi connectivity index (χ1) is 7.74. The molecular formula is C14H10BrI. The predicted molar refractivity (Wildman–Crippen MR) is 82.2 cm³/mol. The van der Waals surface area contributed by atoms with Crippen molar-refractivity contribution in [2.75, 3.05) is 0 Å². The highest BCUT2D eigenvalue weighted by Crippen LogP contribution is 2.14. The molecule has 2 aromatic rings. The van der Waals surface area contributed by atoms with E-state index in [1.54, 1.807) is 0 Å². The van der Waals surface area contributed by atoms with E-state index in [0.29, 0.717) is 0 Å². The molecule has 0 radical (unpaired) electrons. The van der Waals surface area contributed by atoms with Crippen LogP contribution in [0.4, 0.5) is 0 Å². The van der Waals surface area contributed by atoms with Gasteiger partial charge in [0.15, 0.2) is 0 Å². The second-order valence-electron chi connectivity index (χ2n) is 3.44. The Kier molecular flexibility index (Phi) is 4.18. The van der Waals surface area contributed by atoms with Gasteiger partial charge in [-0.05, 0) is 58.0 Å². The molecule has 0 heterocycles. The van der Waals surface area contributed by atoms with Crippen LogP contribution in [0.15, 0.2) is 53.0 Å². The Bertz CT molecular complexity index is 436. The molecule has 0 bridgehead atoms. The van der Waals surface area contributed by atoms with Gasteiger partial charge < -0.3 is 0 Å².